The second-order valence-electron chi connectivity index (χ2n) is 5.14. The van der Waals surface area contributed by atoms with E-state index in [-0.39, 0.29) is 16.8 Å². The zero-order valence-electron chi connectivity index (χ0n) is 12.0. The molecular weight excluding hydrogens is 290 g/mol. The summed E-state index contributed by atoms with van der Waals surface area (Å²) < 4.78 is 22.4. The van der Waals surface area contributed by atoms with Crippen molar-refractivity contribution in [1.82, 2.24) is 10.6 Å². The van der Waals surface area contributed by atoms with E-state index >= 15 is 0 Å². The normalized spacial score (nSPS) is 16.0. The van der Waals surface area contributed by atoms with Crippen LogP contribution in [0.4, 0.5) is 0 Å². The first kappa shape index (κ1) is 15.7. The van der Waals surface area contributed by atoms with E-state index in [4.69, 9.17) is 5.14 Å². The minimum atomic E-state index is -3.69. The van der Waals surface area contributed by atoms with Gasteiger partial charge in [0.2, 0.25) is 15.9 Å². The van der Waals surface area contributed by atoms with E-state index in [2.05, 4.69) is 10.6 Å². The molecule has 1 saturated heterocycles. The molecule has 1 fully saturated rings. The van der Waals surface area contributed by atoms with E-state index in [0.717, 1.165) is 29.8 Å². The molecule has 4 N–H and O–H groups in total. The van der Waals surface area contributed by atoms with Crippen molar-refractivity contribution in [3.8, 4) is 0 Å². The van der Waals surface area contributed by atoms with E-state index in [1.165, 1.54) is 12.1 Å². The number of amides is 1. The number of nitrogens with one attached hydrogen (secondary N) is 2. The van der Waals surface area contributed by atoms with Crippen LogP contribution in [0.15, 0.2) is 40.3 Å². The SMILES string of the molecule is CC(C(=O)NC(C)c1ccc(S(N)(=O)=O)cc1)=C1CNC1. The van der Waals surface area contributed by atoms with Crippen molar-refractivity contribution in [2.24, 2.45) is 5.14 Å². The average molecular weight is 309 g/mol. The molecule has 1 amide bonds. The van der Waals surface area contributed by atoms with E-state index < -0.39 is 10.0 Å². The Bertz CT molecular complexity index is 672. The molecule has 1 aromatic carbocycles. The van der Waals surface area contributed by atoms with Crippen LogP contribution in [-0.4, -0.2) is 27.4 Å². The number of hydrogen-bond donors (Lipinski definition) is 3. The van der Waals surface area contributed by atoms with Gasteiger partial charge in [-0.1, -0.05) is 12.1 Å². The summed E-state index contributed by atoms with van der Waals surface area (Å²) in [5, 5.41) is 11.0. The van der Waals surface area contributed by atoms with Crippen LogP contribution in [0.5, 0.6) is 0 Å². The highest BCUT2D eigenvalue weighted by Crippen LogP contribution is 2.17. The molecule has 0 saturated carbocycles. The molecule has 21 heavy (non-hydrogen) atoms. The van der Waals surface area contributed by atoms with Crippen LogP contribution in [0.2, 0.25) is 0 Å². The largest absolute Gasteiger partial charge is 0.346 e. The van der Waals surface area contributed by atoms with Gasteiger partial charge in [-0.25, -0.2) is 13.6 Å². The van der Waals surface area contributed by atoms with Crippen molar-refractivity contribution in [2.45, 2.75) is 24.8 Å². The fraction of sp³-hybridized carbons (Fsp3) is 0.357. The third kappa shape index (κ3) is 3.69. The van der Waals surface area contributed by atoms with Crippen LogP contribution in [0, 0.1) is 0 Å². The number of primary sulfonamides is 1. The van der Waals surface area contributed by atoms with Gasteiger partial charge in [-0.15, -0.1) is 0 Å². The number of carbonyl (C=O) groups is 1. The predicted molar refractivity (Wildman–Crippen MR) is 79.9 cm³/mol. The first-order chi connectivity index (χ1) is 9.79. The van der Waals surface area contributed by atoms with Crippen LogP contribution >= 0.6 is 0 Å². The molecule has 1 aromatic rings. The van der Waals surface area contributed by atoms with Crippen molar-refractivity contribution in [3.63, 3.8) is 0 Å². The fourth-order valence-electron chi connectivity index (χ4n) is 2.01. The summed E-state index contributed by atoms with van der Waals surface area (Å²) in [6.45, 7) is 5.18. The van der Waals surface area contributed by atoms with Crippen LogP contribution in [0.1, 0.15) is 25.5 Å². The molecule has 7 heteroatoms. The minimum absolute atomic E-state index is 0.0589. The van der Waals surface area contributed by atoms with Gasteiger partial charge in [-0.2, -0.15) is 0 Å². The summed E-state index contributed by atoms with van der Waals surface area (Å²) in [5.74, 6) is -0.102. The molecule has 1 atom stereocenters. The molecule has 0 spiro atoms. The monoisotopic (exact) mass is 309 g/mol. The number of hydrogen-bond acceptors (Lipinski definition) is 4. The third-order valence-electron chi connectivity index (χ3n) is 3.60. The Morgan fingerprint density at radius 2 is 1.86 bits per heavy atom. The number of benzene rings is 1. The highest BCUT2D eigenvalue weighted by Gasteiger charge is 2.18. The smallest absolute Gasteiger partial charge is 0.247 e. The maximum Gasteiger partial charge on any atom is 0.247 e. The quantitative estimate of drug-likeness (QED) is 0.702. The molecule has 0 aromatic heterocycles. The van der Waals surface area contributed by atoms with Gasteiger partial charge in [0, 0.05) is 18.7 Å². The lowest BCUT2D eigenvalue weighted by Gasteiger charge is -2.22. The lowest BCUT2D eigenvalue weighted by Crippen LogP contribution is -2.38. The number of rotatable bonds is 4. The highest BCUT2D eigenvalue weighted by atomic mass is 32.2. The Kier molecular flexibility index (Phi) is 4.46. The molecule has 1 aliphatic heterocycles. The highest BCUT2D eigenvalue weighted by molar-refractivity contribution is 7.89. The summed E-state index contributed by atoms with van der Waals surface area (Å²) in [7, 11) is -3.69. The summed E-state index contributed by atoms with van der Waals surface area (Å²) in [6, 6.07) is 5.97. The average Bonchev–Trinajstić information content (AvgIpc) is 2.35. The van der Waals surface area contributed by atoms with Crippen LogP contribution in [-0.2, 0) is 14.8 Å². The van der Waals surface area contributed by atoms with Gasteiger partial charge in [0.1, 0.15) is 0 Å². The zero-order valence-corrected chi connectivity index (χ0v) is 12.8. The van der Waals surface area contributed by atoms with Crippen molar-refractivity contribution < 1.29 is 13.2 Å². The Hall–Kier alpha value is -1.70. The Labute approximate surface area is 124 Å². The molecule has 0 radical (unpaired) electrons. The van der Waals surface area contributed by atoms with Crippen molar-refractivity contribution >= 4 is 15.9 Å². The topological polar surface area (TPSA) is 101 Å². The summed E-state index contributed by atoms with van der Waals surface area (Å²) in [5.41, 5.74) is 2.67. The van der Waals surface area contributed by atoms with Gasteiger partial charge < -0.3 is 10.6 Å². The second kappa shape index (κ2) is 5.97. The van der Waals surface area contributed by atoms with E-state index in [0.29, 0.717) is 0 Å². The molecule has 1 aliphatic rings. The maximum absolute atomic E-state index is 12.1. The summed E-state index contributed by atoms with van der Waals surface area (Å²) in [4.78, 5) is 12.1. The molecular formula is C14H19N3O3S. The van der Waals surface area contributed by atoms with Crippen LogP contribution in [0.3, 0.4) is 0 Å². The molecule has 2 rings (SSSR count). The summed E-state index contributed by atoms with van der Waals surface area (Å²) in [6.07, 6.45) is 0. The number of carbonyl (C=O) groups excluding carboxylic acids is 1. The Morgan fingerprint density at radius 3 is 2.29 bits per heavy atom. The Morgan fingerprint density at radius 1 is 1.29 bits per heavy atom. The van der Waals surface area contributed by atoms with Gasteiger partial charge in [-0.05, 0) is 37.1 Å². The predicted octanol–water partition coefficient (Wildman–Crippen LogP) is 0.431. The molecule has 6 nitrogen and oxygen atoms in total. The first-order valence-corrected chi connectivity index (χ1v) is 8.16. The lowest BCUT2D eigenvalue weighted by molar-refractivity contribution is -0.118. The van der Waals surface area contributed by atoms with Gasteiger partial charge in [0.15, 0.2) is 0 Å². The van der Waals surface area contributed by atoms with Crippen molar-refractivity contribution in [3.05, 3.63) is 41.0 Å². The Balaban J connectivity index is 2.07. The third-order valence-corrected chi connectivity index (χ3v) is 4.53. The van der Waals surface area contributed by atoms with E-state index in [9.17, 15) is 13.2 Å². The molecule has 0 aliphatic carbocycles. The van der Waals surface area contributed by atoms with Gasteiger partial charge in [0.05, 0.1) is 10.9 Å². The maximum atomic E-state index is 12.1. The zero-order chi connectivity index (χ0) is 15.6. The van der Waals surface area contributed by atoms with E-state index in [1.54, 1.807) is 12.1 Å². The number of sulfonamides is 1. The molecule has 0 bridgehead atoms. The van der Waals surface area contributed by atoms with Crippen molar-refractivity contribution in [1.29, 1.82) is 0 Å². The lowest BCUT2D eigenvalue weighted by atomic mass is 10.0. The van der Waals surface area contributed by atoms with Gasteiger partial charge in [0.25, 0.3) is 0 Å². The molecule has 114 valence electrons. The standard InChI is InChI=1S/C14H19N3O3S/c1-9(12-7-16-8-12)14(18)17-10(2)11-3-5-13(6-4-11)21(15,19)20/h3-6,10,16H,7-8H2,1-2H3,(H,17,18)(H2,15,19,20). The first-order valence-electron chi connectivity index (χ1n) is 6.62. The fourth-order valence-corrected chi connectivity index (χ4v) is 2.53. The van der Waals surface area contributed by atoms with Crippen molar-refractivity contribution in [2.75, 3.05) is 13.1 Å². The van der Waals surface area contributed by atoms with Crippen LogP contribution in [0.25, 0.3) is 0 Å². The van der Waals surface area contributed by atoms with E-state index in [1.807, 2.05) is 13.8 Å². The number of nitrogens with two attached hydrogens (primary N) is 1. The van der Waals surface area contributed by atoms with Crippen LogP contribution < -0.4 is 15.8 Å². The second-order valence-corrected chi connectivity index (χ2v) is 6.70. The van der Waals surface area contributed by atoms with Gasteiger partial charge >= 0.3 is 0 Å². The molecule has 1 heterocycles. The van der Waals surface area contributed by atoms with Gasteiger partial charge in [-0.3, -0.25) is 4.79 Å². The minimum Gasteiger partial charge on any atom is -0.346 e. The summed E-state index contributed by atoms with van der Waals surface area (Å²) >= 11 is 0. The molecule has 1 unspecified atom stereocenters.